The summed E-state index contributed by atoms with van der Waals surface area (Å²) in [7, 11) is 1.90. The summed E-state index contributed by atoms with van der Waals surface area (Å²) in [6.45, 7) is 2.86. The van der Waals surface area contributed by atoms with E-state index in [1.807, 2.05) is 11.9 Å². The fraction of sp³-hybridized carbons (Fsp3) is 0.769. The molecule has 0 bridgehead atoms. The van der Waals surface area contributed by atoms with Gasteiger partial charge in [0.25, 0.3) is 0 Å². The first-order chi connectivity index (χ1) is 9.61. The summed E-state index contributed by atoms with van der Waals surface area (Å²) < 4.78 is 0. The highest BCUT2D eigenvalue weighted by Gasteiger charge is 2.28. The maximum Gasteiger partial charge on any atom is 0.231 e. The van der Waals surface area contributed by atoms with E-state index in [1.165, 1.54) is 0 Å². The lowest BCUT2D eigenvalue weighted by atomic mass is 9.92. The number of aliphatic hydroxyl groups is 1. The summed E-state index contributed by atoms with van der Waals surface area (Å²) in [6, 6.07) is 0.0428. The third-order valence-electron chi connectivity index (χ3n) is 3.64. The van der Waals surface area contributed by atoms with Gasteiger partial charge < -0.3 is 15.3 Å². The molecule has 1 aromatic rings. The molecule has 7 heteroatoms. The van der Waals surface area contributed by atoms with E-state index >= 15 is 0 Å². The molecular weight excluding hydrogens is 278 g/mol. The largest absolute Gasteiger partial charge is 0.391 e. The van der Waals surface area contributed by atoms with Crippen LogP contribution in [-0.2, 0) is 0 Å². The van der Waals surface area contributed by atoms with Gasteiger partial charge in [0.15, 0.2) is 0 Å². The normalized spacial score (nSPS) is 22.6. The Labute approximate surface area is 124 Å². The molecule has 0 saturated heterocycles. The molecule has 1 aliphatic carbocycles. The van der Waals surface area contributed by atoms with Crippen molar-refractivity contribution in [2.45, 2.75) is 51.2 Å². The van der Waals surface area contributed by atoms with Crippen molar-refractivity contribution < 1.29 is 5.11 Å². The maximum absolute atomic E-state index is 10.1. The van der Waals surface area contributed by atoms with Crippen molar-refractivity contribution in [3.63, 3.8) is 0 Å². The number of anilines is 2. The number of nitrogens with zero attached hydrogens (tertiary/aromatic N) is 4. The first-order valence-corrected chi connectivity index (χ1v) is 7.56. The van der Waals surface area contributed by atoms with Crippen LogP contribution in [-0.4, -0.2) is 45.8 Å². The van der Waals surface area contributed by atoms with Crippen LogP contribution >= 0.6 is 11.6 Å². The molecule has 0 aliphatic heterocycles. The van der Waals surface area contributed by atoms with Gasteiger partial charge in [0.05, 0.1) is 12.1 Å². The van der Waals surface area contributed by atoms with Gasteiger partial charge >= 0.3 is 0 Å². The lowest BCUT2D eigenvalue weighted by molar-refractivity contribution is 0.105. The smallest absolute Gasteiger partial charge is 0.231 e. The predicted molar refractivity (Wildman–Crippen MR) is 80.3 cm³/mol. The molecule has 1 aliphatic rings. The van der Waals surface area contributed by atoms with E-state index in [-0.39, 0.29) is 17.4 Å². The van der Waals surface area contributed by atoms with Gasteiger partial charge in [-0.2, -0.15) is 15.0 Å². The van der Waals surface area contributed by atoms with Gasteiger partial charge in [-0.15, -0.1) is 0 Å². The Balaban J connectivity index is 2.15. The molecule has 1 saturated carbocycles. The molecule has 2 rings (SSSR count). The zero-order valence-electron chi connectivity index (χ0n) is 12.0. The first kappa shape index (κ1) is 15.3. The SMILES string of the molecule is CCCNc1nc(Cl)nc(N(C)C2CCCCC2O)n1. The Morgan fingerprint density at radius 3 is 2.75 bits per heavy atom. The molecule has 6 nitrogen and oxygen atoms in total. The average molecular weight is 300 g/mol. The number of aliphatic hydroxyl groups excluding tert-OH is 1. The molecule has 0 aromatic carbocycles. The molecule has 1 fully saturated rings. The molecule has 2 N–H and O–H groups in total. The van der Waals surface area contributed by atoms with Crippen LogP contribution in [0.2, 0.25) is 5.28 Å². The fourth-order valence-electron chi connectivity index (χ4n) is 2.51. The van der Waals surface area contributed by atoms with Gasteiger partial charge in [0.2, 0.25) is 17.2 Å². The van der Waals surface area contributed by atoms with Crippen LogP contribution in [0.15, 0.2) is 0 Å². The van der Waals surface area contributed by atoms with E-state index in [2.05, 4.69) is 27.2 Å². The standard InChI is InChI=1S/C13H22ClN5O/c1-3-8-15-12-16-11(14)17-13(18-12)19(2)9-6-4-5-7-10(9)20/h9-10,20H,3-8H2,1-2H3,(H,15,16,17,18). The number of nitrogens with one attached hydrogen (secondary N) is 1. The molecule has 0 radical (unpaired) electrons. The number of likely N-dealkylation sites (N-methyl/N-ethyl adjacent to an activating group) is 1. The highest BCUT2D eigenvalue weighted by molar-refractivity contribution is 6.28. The topological polar surface area (TPSA) is 74.2 Å². The van der Waals surface area contributed by atoms with Crippen molar-refractivity contribution in [2.24, 2.45) is 0 Å². The number of hydrogen-bond donors (Lipinski definition) is 2. The summed E-state index contributed by atoms with van der Waals surface area (Å²) in [5.41, 5.74) is 0. The quantitative estimate of drug-likeness (QED) is 0.867. The summed E-state index contributed by atoms with van der Waals surface area (Å²) in [4.78, 5) is 14.5. The monoisotopic (exact) mass is 299 g/mol. The van der Waals surface area contributed by atoms with Crippen LogP contribution in [0.1, 0.15) is 39.0 Å². The van der Waals surface area contributed by atoms with E-state index in [1.54, 1.807) is 0 Å². The second-order valence-electron chi connectivity index (χ2n) is 5.18. The van der Waals surface area contributed by atoms with Crippen molar-refractivity contribution in [1.82, 2.24) is 15.0 Å². The molecule has 1 aromatic heterocycles. The Hall–Kier alpha value is -1.14. The van der Waals surface area contributed by atoms with Gasteiger partial charge in [-0.3, -0.25) is 0 Å². The van der Waals surface area contributed by atoms with Crippen LogP contribution < -0.4 is 10.2 Å². The van der Waals surface area contributed by atoms with Gasteiger partial charge in [-0.25, -0.2) is 0 Å². The van der Waals surface area contributed by atoms with Gasteiger partial charge in [0.1, 0.15) is 0 Å². The summed E-state index contributed by atoms with van der Waals surface area (Å²) in [6.07, 6.45) is 4.61. The van der Waals surface area contributed by atoms with E-state index < -0.39 is 0 Å². The van der Waals surface area contributed by atoms with Crippen molar-refractivity contribution in [2.75, 3.05) is 23.8 Å². The van der Waals surface area contributed by atoms with Crippen molar-refractivity contribution in [1.29, 1.82) is 0 Å². The molecule has 20 heavy (non-hydrogen) atoms. The zero-order valence-corrected chi connectivity index (χ0v) is 12.8. The van der Waals surface area contributed by atoms with Crippen LogP contribution in [0.4, 0.5) is 11.9 Å². The Morgan fingerprint density at radius 1 is 1.30 bits per heavy atom. The minimum absolute atomic E-state index is 0.0428. The molecule has 0 spiro atoms. The zero-order chi connectivity index (χ0) is 14.5. The van der Waals surface area contributed by atoms with Crippen LogP contribution in [0.25, 0.3) is 0 Å². The Bertz CT molecular complexity index is 445. The number of aromatic nitrogens is 3. The Morgan fingerprint density at radius 2 is 2.05 bits per heavy atom. The molecule has 2 unspecified atom stereocenters. The molecule has 1 heterocycles. The van der Waals surface area contributed by atoms with Gasteiger partial charge in [-0.1, -0.05) is 19.8 Å². The first-order valence-electron chi connectivity index (χ1n) is 7.18. The number of rotatable bonds is 5. The van der Waals surface area contributed by atoms with E-state index in [4.69, 9.17) is 11.6 Å². The lowest BCUT2D eigenvalue weighted by Gasteiger charge is -2.35. The molecule has 112 valence electrons. The summed E-state index contributed by atoms with van der Waals surface area (Å²) in [5, 5.41) is 13.4. The highest BCUT2D eigenvalue weighted by Crippen LogP contribution is 2.25. The van der Waals surface area contributed by atoms with E-state index in [0.717, 1.165) is 38.6 Å². The fourth-order valence-corrected chi connectivity index (χ4v) is 2.66. The second kappa shape index (κ2) is 7.04. The maximum atomic E-state index is 10.1. The second-order valence-corrected chi connectivity index (χ2v) is 5.52. The number of hydrogen-bond acceptors (Lipinski definition) is 6. The summed E-state index contributed by atoms with van der Waals surface area (Å²) >= 11 is 5.96. The van der Waals surface area contributed by atoms with Gasteiger partial charge in [-0.05, 0) is 30.9 Å². The predicted octanol–water partition coefficient (Wildman–Crippen LogP) is 2.09. The van der Waals surface area contributed by atoms with Crippen molar-refractivity contribution >= 4 is 23.5 Å². The lowest BCUT2D eigenvalue weighted by Crippen LogP contribution is -2.44. The van der Waals surface area contributed by atoms with E-state index in [0.29, 0.717) is 11.9 Å². The van der Waals surface area contributed by atoms with Crippen molar-refractivity contribution in [3.05, 3.63) is 5.28 Å². The average Bonchev–Trinajstić information content (AvgIpc) is 2.44. The van der Waals surface area contributed by atoms with Crippen molar-refractivity contribution in [3.8, 4) is 0 Å². The van der Waals surface area contributed by atoms with Crippen LogP contribution in [0.3, 0.4) is 0 Å². The van der Waals surface area contributed by atoms with Gasteiger partial charge in [0, 0.05) is 13.6 Å². The van der Waals surface area contributed by atoms with Crippen LogP contribution in [0.5, 0.6) is 0 Å². The molecule has 2 atom stereocenters. The third kappa shape index (κ3) is 3.70. The number of halogens is 1. The summed E-state index contributed by atoms with van der Waals surface area (Å²) in [5.74, 6) is 0.994. The molecule has 0 amide bonds. The third-order valence-corrected chi connectivity index (χ3v) is 3.81. The highest BCUT2D eigenvalue weighted by atomic mass is 35.5. The molecular formula is C13H22ClN5O. The minimum Gasteiger partial charge on any atom is -0.391 e. The van der Waals surface area contributed by atoms with Crippen LogP contribution in [0, 0.1) is 0 Å². The minimum atomic E-state index is -0.337. The van der Waals surface area contributed by atoms with E-state index in [9.17, 15) is 5.11 Å². The Kier molecular flexibility index (Phi) is 5.37.